The number of carbonyl (C=O) groups is 1. The Hall–Kier alpha value is -3.94. The van der Waals surface area contributed by atoms with Crippen molar-refractivity contribution in [2.24, 2.45) is 0 Å². The SMILES string of the molecule is O=C(c1ccc(=O)n(CCOc2ccccc2)n1)N1CCC(c2nc3ccccc3[nH]2)CC1. The van der Waals surface area contributed by atoms with Crippen molar-refractivity contribution < 1.29 is 9.53 Å². The molecule has 0 unspecified atom stereocenters. The molecule has 33 heavy (non-hydrogen) atoms. The molecule has 2 aromatic carbocycles. The van der Waals surface area contributed by atoms with Gasteiger partial charge in [-0.2, -0.15) is 5.10 Å². The number of likely N-dealkylation sites (tertiary alicyclic amines) is 1. The van der Waals surface area contributed by atoms with Gasteiger partial charge in [0.2, 0.25) is 0 Å². The number of rotatable bonds is 6. The van der Waals surface area contributed by atoms with Crippen LogP contribution in [0.2, 0.25) is 0 Å². The van der Waals surface area contributed by atoms with Gasteiger partial charge in [-0.25, -0.2) is 9.67 Å². The van der Waals surface area contributed by atoms with Gasteiger partial charge in [0.25, 0.3) is 11.5 Å². The highest BCUT2D eigenvalue weighted by atomic mass is 16.5. The Morgan fingerprint density at radius 3 is 2.55 bits per heavy atom. The number of imidazole rings is 1. The van der Waals surface area contributed by atoms with Crippen LogP contribution in [0.5, 0.6) is 5.75 Å². The molecule has 0 saturated carbocycles. The second-order valence-corrected chi connectivity index (χ2v) is 8.15. The van der Waals surface area contributed by atoms with Gasteiger partial charge in [-0.15, -0.1) is 0 Å². The zero-order valence-corrected chi connectivity index (χ0v) is 18.2. The van der Waals surface area contributed by atoms with Crippen LogP contribution in [-0.2, 0) is 6.54 Å². The number of para-hydroxylation sites is 3. The number of benzene rings is 2. The summed E-state index contributed by atoms with van der Waals surface area (Å²) in [6, 6.07) is 20.3. The number of aromatic amines is 1. The van der Waals surface area contributed by atoms with Crippen molar-refractivity contribution in [1.29, 1.82) is 0 Å². The molecule has 0 spiro atoms. The van der Waals surface area contributed by atoms with Crippen molar-refractivity contribution in [3.63, 3.8) is 0 Å². The molecule has 4 aromatic rings. The number of ether oxygens (including phenoxy) is 1. The predicted octanol–water partition coefficient (Wildman–Crippen LogP) is 3.22. The summed E-state index contributed by atoms with van der Waals surface area (Å²) in [7, 11) is 0. The largest absolute Gasteiger partial charge is 0.492 e. The average molecular weight is 444 g/mol. The summed E-state index contributed by atoms with van der Waals surface area (Å²) in [5.41, 5.74) is 2.02. The number of fused-ring (bicyclic) bond motifs is 1. The molecule has 0 atom stereocenters. The normalized spacial score (nSPS) is 14.5. The lowest BCUT2D eigenvalue weighted by molar-refractivity contribution is 0.0702. The fraction of sp³-hybridized carbons (Fsp3) is 0.280. The molecule has 1 aliphatic rings. The van der Waals surface area contributed by atoms with E-state index in [4.69, 9.17) is 9.72 Å². The van der Waals surface area contributed by atoms with E-state index >= 15 is 0 Å². The van der Waals surface area contributed by atoms with Crippen molar-refractivity contribution in [3.8, 4) is 5.75 Å². The van der Waals surface area contributed by atoms with E-state index in [1.807, 2.05) is 54.6 Å². The highest BCUT2D eigenvalue weighted by Crippen LogP contribution is 2.28. The van der Waals surface area contributed by atoms with Crippen LogP contribution in [0.4, 0.5) is 0 Å². The van der Waals surface area contributed by atoms with Crippen molar-refractivity contribution in [1.82, 2.24) is 24.6 Å². The molecular weight excluding hydrogens is 418 g/mol. The Morgan fingerprint density at radius 1 is 1.00 bits per heavy atom. The lowest BCUT2D eigenvalue weighted by Crippen LogP contribution is -2.39. The summed E-state index contributed by atoms with van der Waals surface area (Å²) in [5.74, 6) is 1.84. The Balaban J connectivity index is 1.20. The van der Waals surface area contributed by atoms with Crippen LogP contribution >= 0.6 is 0 Å². The lowest BCUT2D eigenvalue weighted by atomic mass is 9.96. The quantitative estimate of drug-likeness (QED) is 0.494. The lowest BCUT2D eigenvalue weighted by Gasteiger charge is -2.31. The summed E-state index contributed by atoms with van der Waals surface area (Å²) in [5, 5.41) is 4.30. The van der Waals surface area contributed by atoms with Crippen LogP contribution in [-0.4, -0.2) is 50.3 Å². The number of piperidine rings is 1. The van der Waals surface area contributed by atoms with Gasteiger partial charge in [-0.1, -0.05) is 30.3 Å². The molecule has 1 amide bonds. The molecule has 1 fully saturated rings. The van der Waals surface area contributed by atoms with E-state index in [1.54, 1.807) is 4.90 Å². The summed E-state index contributed by atoms with van der Waals surface area (Å²) >= 11 is 0. The maximum absolute atomic E-state index is 13.0. The molecular formula is C25H25N5O3. The molecule has 0 radical (unpaired) electrons. The summed E-state index contributed by atoms with van der Waals surface area (Å²) in [4.78, 5) is 35.2. The Morgan fingerprint density at radius 2 is 1.76 bits per heavy atom. The van der Waals surface area contributed by atoms with Crippen molar-refractivity contribution in [2.45, 2.75) is 25.3 Å². The standard InChI is InChI=1S/C25H25N5O3/c31-23-11-10-22(28-30(23)16-17-33-19-6-2-1-3-7-19)25(32)29-14-12-18(13-15-29)24-26-20-8-4-5-9-21(20)27-24/h1-11,18H,12-17H2,(H,26,27). The van der Waals surface area contributed by atoms with E-state index in [-0.39, 0.29) is 30.3 Å². The van der Waals surface area contributed by atoms with E-state index in [9.17, 15) is 9.59 Å². The number of carbonyl (C=O) groups excluding carboxylic acids is 1. The first-order valence-corrected chi connectivity index (χ1v) is 11.2. The molecule has 168 valence electrons. The number of hydrogen-bond donors (Lipinski definition) is 1. The van der Waals surface area contributed by atoms with Gasteiger partial charge in [-0.05, 0) is 43.2 Å². The topological polar surface area (TPSA) is 93.1 Å². The predicted molar refractivity (Wildman–Crippen MR) is 124 cm³/mol. The van der Waals surface area contributed by atoms with Crippen LogP contribution in [0.15, 0.2) is 71.5 Å². The summed E-state index contributed by atoms with van der Waals surface area (Å²) in [6.07, 6.45) is 1.66. The number of hydrogen-bond acceptors (Lipinski definition) is 5. The number of nitrogens with zero attached hydrogens (tertiary/aromatic N) is 4. The van der Waals surface area contributed by atoms with E-state index < -0.39 is 0 Å². The number of aromatic nitrogens is 4. The van der Waals surface area contributed by atoms with Crippen molar-refractivity contribution >= 4 is 16.9 Å². The smallest absolute Gasteiger partial charge is 0.274 e. The second kappa shape index (κ2) is 9.28. The monoisotopic (exact) mass is 443 g/mol. The molecule has 1 N–H and O–H groups in total. The van der Waals surface area contributed by atoms with Crippen molar-refractivity contribution in [2.75, 3.05) is 19.7 Å². The van der Waals surface area contributed by atoms with Crippen LogP contribution in [0.1, 0.15) is 35.1 Å². The molecule has 3 heterocycles. The number of amides is 1. The molecule has 0 aliphatic carbocycles. The first-order valence-electron chi connectivity index (χ1n) is 11.2. The van der Waals surface area contributed by atoms with E-state index in [2.05, 4.69) is 10.1 Å². The van der Waals surface area contributed by atoms with Gasteiger partial charge < -0.3 is 14.6 Å². The molecule has 1 aliphatic heterocycles. The molecule has 1 saturated heterocycles. The zero-order chi connectivity index (χ0) is 22.6. The average Bonchev–Trinajstić information content (AvgIpc) is 3.30. The fourth-order valence-electron chi connectivity index (χ4n) is 4.17. The Labute approximate surface area is 190 Å². The fourth-order valence-corrected chi connectivity index (χ4v) is 4.17. The highest BCUT2D eigenvalue weighted by molar-refractivity contribution is 5.92. The molecule has 2 aromatic heterocycles. The van der Waals surface area contributed by atoms with E-state index in [1.165, 1.54) is 16.8 Å². The van der Waals surface area contributed by atoms with Crippen molar-refractivity contribution in [3.05, 3.63) is 88.6 Å². The van der Waals surface area contributed by atoms with Crippen LogP contribution < -0.4 is 10.3 Å². The second-order valence-electron chi connectivity index (χ2n) is 8.15. The molecule has 5 rings (SSSR count). The van der Waals surface area contributed by atoms with Gasteiger partial charge in [0.1, 0.15) is 23.9 Å². The zero-order valence-electron chi connectivity index (χ0n) is 18.2. The molecule has 0 bridgehead atoms. The number of nitrogens with one attached hydrogen (secondary N) is 1. The third-order valence-corrected chi connectivity index (χ3v) is 5.98. The maximum atomic E-state index is 13.0. The summed E-state index contributed by atoms with van der Waals surface area (Å²) in [6.45, 7) is 1.80. The van der Waals surface area contributed by atoms with Gasteiger partial charge in [0.15, 0.2) is 0 Å². The van der Waals surface area contributed by atoms with E-state index in [0.717, 1.165) is 35.4 Å². The molecule has 8 heteroatoms. The van der Waals surface area contributed by atoms with Gasteiger partial charge >= 0.3 is 0 Å². The van der Waals surface area contributed by atoms with E-state index in [0.29, 0.717) is 19.0 Å². The third kappa shape index (κ3) is 4.64. The first-order chi connectivity index (χ1) is 16.2. The minimum atomic E-state index is -0.258. The van der Waals surface area contributed by atoms with Gasteiger partial charge in [-0.3, -0.25) is 9.59 Å². The Bertz CT molecular complexity index is 1270. The highest BCUT2D eigenvalue weighted by Gasteiger charge is 2.27. The van der Waals surface area contributed by atoms with Crippen LogP contribution in [0.3, 0.4) is 0 Å². The first kappa shape index (κ1) is 20.9. The van der Waals surface area contributed by atoms with Gasteiger partial charge in [0.05, 0.1) is 17.6 Å². The van der Waals surface area contributed by atoms with Gasteiger partial charge in [0, 0.05) is 25.1 Å². The molecule has 8 nitrogen and oxygen atoms in total. The summed E-state index contributed by atoms with van der Waals surface area (Å²) < 4.78 is 6.94. The minimum Gasteiger partial charge on any atom is -0.492 e. The van der Waals surface area contributed by atoms with Crippen LogP contribution in [0.25, 0.3) is 11.0 Å². The minimum absolute atomic E-state index is 0.157. The third-order valence-electron chi connectivity index (χ3n) is 5.98. The maximum Gasteiger partial charge on any atom is 0.274 e. The van der Waals surface area contributed by atoms with Crippen LogP contribution in [0, 0.1) is 0 Å². The number of H-pyrrole nitrogens is 1. The Kier molecular flexibility index (Phi) is 5.89.